The number of aryl methyl sites for hydroxylation is 1. The van der Waals surface area contributed by atoms with Gasteiger partial charge < -0.3 is 14.8 Å². The van der Waals surface area contributed by atoms with E-state index >= 15 is 0 Å². The maximum Gasteiger partial charge on any atom is 0.133 e. The molecule has 1 aliphatic heterocycles. The molecule has 2 aliphatic rings. The van der Waals surface area contributed by atoms with Gasteiger partial charge in [-0.05, 0) is 93.7 Å². The number of hydrogen-bond donors (Lipinski definition) is 2. The van der Waals surface area contributed by atoms with Gasteiger partial charge in [0.25, 0.3) is 0 Å². The molecular weight excluding hydrogens is 398 g/mol. The summed E-state index contributed by atoms with van der Waals surface area (Å²) in [5.74, 6) is 1.14. The number of rotatable bonds is 11. The summed E-state index contributed by atoms with van der Waals surface area (Å²) >= 11 is 0. The molecule has 1 saturated heterocycles. The molecule has 0 amide bonds. The van der Waals surface area contributed by atoms with Gasteiger partial charge in [-0.15, -0.1) is 0 Å². The number of Topliss-reactive ketones (excluding diaryl/α,β-unsaturated/α-hetero) is 1. The Morgan fingerprint density at radius 2 is 2.03 bits per heavy atom. The Balaban J connectivity index is 0.000000303. The molecule has 4 heteroatoms. The molecule has 1 aromatic heterocycles. The quantitative estimate of drug-likeness (QED) is 0.377. The Morgan fingerprint density at radius 3 is 2.50 bits per heavy atom. The van der Waals surface area contributed by atoms with Crippen LogP contribution in [0.15, 0.2) is 31.0 Å². The second kappa shape index (κ2) is 13.2. The Kier molecular flexibility index (Phi) is 10.9. The van der Waals surface area contributed by atoms with Crippen molar-refractivity contribution in [1.29, 1.82) is 0 Å². The first-order valence-corrected chi connectivity index (χ1v) is 12.6. The number of ketones is 1. The number of aromatic amines is 1. The van der Waals surface area contributed by atoms with E-state index in [0.29, 0.717) is 11.7 Å². The number of aliphatic hydroxyl groups excluding tert-OH is 1. The number of allylic oxidation sites excluding steroid dienone is 3. The average molecular weight is 444 g/mol. The molecule has 2 heterocycles. The number of ether oxygens (including phenoxy) is 1. The Hall–Kier alpha value is -1.65. The van der Waals surface area contributed by atoms with Crippen LogP contribution in [-0.4, -0.2) is 35.2 Å². The number of hydrogen-bond acceptors (Lipinski definition) is 3. The zero-order valence-corrected chi connectivity index (χ0v) is 20.8. The fraction of sp³-hybridized carbons (Fsp3) is 0.679. The second-order valence-electron chi connectivity index (χ2n) is 9.68. The van der Waals surface area contributed by atoms with Crippen molar-refractivity contribution in [2.45, 2.75) is 91.6 Å². The van der Waals surface area contributed by atoms with E-state index in [1.54, 1.807) is 6.92 Å². The number of nitrogens with one attached hydrogen (secondary N) is 1. The molecule has 2 atom stereocenters. The molecule has 2 fully saturated rings. The van der Waals surface area contributed by atoms with Crippen LogP contribution in [-0.2, 0) is 9.53 Å². The molecular formula is C28H45NO3. The second-order valence-corrected chi connectivity index (χ2v) is 9.68. The standard InChI is InChI=1S/C20H29NO.C8H16O2/c1-5-7-17(18-10-14-21-15(18)3)9-11-20(12-13-20)19(8-6-2)16(4)22;1-2-8(9)7-3-5-10-6-4-7/h5,7,10,14,19,21H,1,6,8-9,11-13H2,2-4H3;7-9H,2-6H2,1H3/b17-7-;/t19-;/m1./s1. The van der Waals surface area contributed by atoms with Crippen LogP contribution in [0, 0.1) is 24.2 Å². The van der Waals surface area contributed by atoms with Crippen LogP contribution in [0.1, 0.15) is 89.8 Å². The molecule has 0 radical (unpaired) electrons. The monoisotopic (exact) mass is 443 g/mol. The Bertz CT molecular complexity index is 738. The summed E-state index contributed by atoms with van der Waals surface area (Å²) in [7, 11) is 0. The van der Waals surface area contributed by atoms with Gasteiger partial charge in [0.05, 0.1) is 6.10 Å². The van der Waals surface area contributed by atoms with Crippen LogP contribution >= 0.6 is 0 Å². The minimum absolute atomic E-state index is 0.0936. The lowest BCUT2D eigenvalue weighted by atomic mass is 9.78. The zero-order valence-electron chi connectivity index (χ0n) is 20.8. The molecule has 0 spiro atoms. The van der Waals surface area contributed by atoms with E-state index in [4.69, 9.17) is 4.74 Å². The minimum Gasteiger partial charge on any atom is -0.393 e. The largest absolute Gasteiger partial charge is 0.393 e. The third kappa shape index (κ3) is 7.45. The van der Waals surface area contributed by atoms with Gasteiger partial charge in [-0.1, -0.05) is 39.0 Å². The third-order valence-electron chi connectivity index (χ3n) is 7.44. The van der Waals surface area contributed by atoms with Crippen molar-refractivity contribution in [3.05, 3.63) is 42.3 Å². The predicted molar refractivity (Wildman–Crippen MR) is 134 cm³/mol. The van der Waals surface area contributed by atoms with Gasteiger partial charge in [0.2, 0.25) is 0 Å². The molecule has 1 saturated carbocycles. The summed E-state index contributed by atoms with van der Waals surface area (Å²) in [5, 5.41) is 9.43. The van der Waals surface area contributed by atoms with Crippen LogP contribution < -0.4 is 0 Å². The highest BCUT2D eigenvalue weighted by Gasteiger charge is 2.49. The van der Waals surface area contributed by atoms with Gasteiger partial charge in [-0.2, -0.15) is 0 Å². The van der Waals surface area contributed by atoms with E-state index in [1.165, 1.54) is 29.7 Å². The average Bonchev–Trinajstić information content (AvgIpc) is 3.47. The molecule has 0 aromatic carbocycles. The highest BCUT2D eigenvalue weighted by atomic mass is 16.5. The van der Waals surface area contributed by atoms with Crippen LogP contribution in [0.2, 0.25) is 0 Å². The van der Waals surface area contributed by atoms with Crippen molar-refractivity contribution >= 4 is 11.4 Å². The molecule has 0 bridgehead atoms. The summed E-state index contributed by atoms with van der Waals surface area (Å²) in [6.45, 7) is 13.6. The number of aliphatic hydroxyl groups is 1. The van der Waals surface area contributed by atoms with Gasteiger partial charge in [0, 0.05) is 31.0 Å². The lowest BCUT2D eigenvalue weighted by Crippen LogP contribution is -2.26. The van der Waals surface area contributed by atoms with Gasteiger partial charge in [-0.25, -0.2) is 0 Å². The molecule has 3 rings (SSSR count). The smallest absolute Gasteiger partial charge is 0.133 e. The fourth-order valence-electron chi connectivity index (χ4n) is 5.23. The zero-order chi connectivity index (χ0) is 23.6. The maximum atomic E-state index is 12.0. The van der Waals surface area contributed by atoms with Crippen molar-refractivity contribution in [1.82, 2.24) is 4.98 Å². The van der Waals surface area contributed by atoms with Crippen molar-refractivity contribution in [3.8, 4) is 0 Å². The van der Waals surface area contributed by atoms with Gasteiger partial charge in [-0.3, -0.25) is 4.79 Å². The lowest BCUT2D eigenvalue weighted by molar-refractivity contribution is -0.123. The van der Waals surface area contributed by atoms with Crippen LogP contribution in [0.5, 0.6) is 0 Å². The minimum atomic E-state index is -0.0936. The topological polar surface area (TPSA) is 62.3 Å². The van der Waals surface area contributed by atoms with Gasteiger partial charge in [0.1, 0.15) is 5.78 Å². The number of carbonyl (C=O) groups is 1. The van der Waals surface area contributed by atoms with E-state index < -0.39 is 0 Å². The van der Waals surface area contributed by atoms with E-state index in [9.17, 15) is 9.90 Å². The van der Waals surface area contributed by atoms with E-state index in [0.717, 1.165) is 58.2 Å². The van der Waals surface area contributed by atoms with Crippen LogP contribution in [0.3, 0.4) is 0 Å². The van der Waals surface area contributed by atoms with Crippen LogP contribution in [0.25, 0.3) is 5.57 Å². The van der Waals surface area contributed by atoms with Crippen molar-refractivity contribution in [2.24, 2.45) is 17.3 Å². The normalized spacial score (nSPS) is 20.1. The third-order valence-corrected chi connectivity index (χ3v) is 7.44. The molecule has 2 N–H and O–H groups in total. The summed E-state index contributed by atoms with van der Waals surface area (Å²) in [6.07, 6.45) is 15.5. The predicted octanol–water partition coefficient (Wildman–Crippen LogP) is 6.64. The number of carbonyl (C=O) groups excluding carboxylic acids is 1. The highest BCUT2D eigenvalue weighted by Crippen LogP contribution is 2.58. The number of H-pyrrole nitrogens is 1. The molecule has 1 unspecified atom stereocenters. The van der Waals surface area contributed by atoms with E-state index in [-0.39, 0.29) is 17.4 Å². The van der Waals surface area contributed by atoms with Crippen molar-refractivity contribution < 1.29 is 14.6 Å². The highest BCUT2D eigenvalue weighted by molar-refractivity contribution is 5.79. The van der Waals surface area contributed by atoms with Crippen molar-refractivity contribution in [2.75, 3.05) is 13.2 Å². The Labute approximate surface area is 195 Å². The molecule has 1 aliphatic carbocycles. The first-order chi connectivity index (χ1) is 15.4. The molecule has 1 aromatic rings. The fourth-order valence-corrected chi connectivity index (χ4v) is 5.23. The summed E-state index contributed by atoms with van der Waals surface area (Å²) < 4.78 is 5.18. The van der Waals surface area contributed by atoms with Gasteiger partial charge >= 0.3 is 0 Å². The summed E-state index contributed by atoms with van der Waals surface area (Å²) in [4.78, 5) is 15.3. The summed E-state index contributed by atoms with van der Waals surface area (Å²) in [5.41, 5.74) is 4.09. The number of aromatic nitrogens is 1. The molecule has 4 nitrogen and oxygen atoms in total. The Morgan fingerprint density at radius 1 is 1.34 bits per heavy atom. The maximum absolute atomic E-state index is 12.0. The molecule has 32 heavy (non-hydrogen) atoms. The van der Waals surface area contributed by atoms with Gasteiger partial charge in [0.15, 0.2) is 0 Å². The van der Waals surface area contributed by atoms with Crippen LogP contribution in [0.4, 0.5) is 0 Å². The summed E-state index contributed by atoms with van der Waals surface area (Å²) in [6, 6.07) is 2.14. The van der Waals surface area contributed by atoms with E-state index in [2.05, 4.69) is 37.6 Å². The first-order valence-electron chi connectivity index (χ1n) is 12.6. The first kappa shape index (κ1) is 26.6. The molecule has 180 valence electrons. The SMILES string of the molecule is C=C/C=C(/CCC1([C@H](CCC)C(C)=O)CC1)c1cc[nH]c1C.CCC(O)C1CCOCC1. The van der Waals surface area contributed by atoms with Crippen molar-refractivity contribution in [3.63, 3.8) is 0 Å². The lowest BCUT2D eigenvalue weighted by Gasteiger charge is -2.25. The van der Waals surface area contributed by atoms with E-state index in [1.807, 2.05) is 19.2 Å².